The van der Waals surface area contributed by atoms with Crippen LogP contribution >= 0.6 is 0 Å². The number of anilines is 3. The molecule has 0 amide bonds. The summed E-state index contributed by atoms with van der Waals surface area (Å²) >= 11 is 0. The molecular weight excluding hydrogens is 469 g/mol. The minimum absolute atomic E-state index is 0.0313. The molecule has 7 nitrogen and oxygen atoms in total. The number of hydrogen-bond acceptors (Lipinski definition) is 6. The fourth-order valence-corrected chi connectivity index (χ4v) is 4.29. The molecule has 0 aliphatic carbocycles. The summed E-state index contributed by atoms with van der Waals surface area (Å²) in [6.07, 6.45) is -2.32. The second kappa shape index (κ2) is 9.44. The van der Waals surface area contributed by atoms with Crippen molar-refractivity contribution in [3.63, 3.8) is 0 Å². The SMILES string of the molecule is CC(Nc1nccc(N2CCCn3c2nc(-c2ccccc2C(F)(F)F)cc3=O)n1)c1ccccc1. The zero-order chi connectivity index (χ0) is 25.3. The Morgan fingerprint density at radius 3 is 2.50 bits per heavy atom. The van der Waals surface area contributed by atoms with Crippen molar-refractivity contribution in [1.82, 2.24) is 19.5 Å². The molecule has 3 heterocycles. The third-order valence-corrected chi connectivity index (χ3v) is 6.06. The Morgan fingerprint density at radius 1 is 0.972 bits per heavy atom. The fraction of sp³-hybridized carbons (Fsp3) is 0.231. The first kappa shape index (κ1) is 23.5. The first-order chi connectivity index (χ1) is 17.3. The summed E-state index contributed by atoms with van der Waals surface area (Å²) in [4.78, 5) is 28.1. The molecule has 1 aliphatic heterocycles. The maximum Gasteiger partial charge on any atom is 0.417 e. The van der Waals surface area contributed by atoms with E-state index in [1.807, 2.05) is 37.3 Å². The number of rotatable bonds is 5. The summed E-state index contributed by atoms with van der Waals surface area (Å²) in [7, 11) is 0. The van der Waals surface area contributed by atoms with E-state index < -0.39 is 17.3 Å². The van der Waals surface area contributed by atoms with E-state index >= 15 is 0 Å². The van der Waals surface area contributed by atoms with Crippen LogP contribution in [0, 0.1) is 0 Å². The Hall–Kier alpha value is -4.21. The molecule has 0 fully saturated rings. The van der Waals surface area contributed by atoms with Crippen molar-refractivity contribution in [3.8, 4) is 11.3 Å². The van der Waals surface area contributed by atoms with Gasteiger partial charge in [0, 0.05) is 30.9 Å². The minimum Gasteiger partial charge on any atom is -0.348 e. The van der Waals surface area contributed by atoms with Crippen molar-refractivity contribution in [2.75, 3.05) is 16.8 Å². The number of alkyl halides is 3. The van der Waals surface area contributed by atoms with Gasteiger partial charge in [-0.1, -0.05) is 48.5 Å². The highest BCUT2D eigenvalue weighted by Gasteiger charge is 2.34. The molecule has 5 rings (SSSR count). The average molecular weight is 493 g/mol. The molecule has 10 heteroatoms. The van der Waals surface area contributed by atoms with Gasteiger partial charge < -0.3 is 5.32 Å². The van der Waals surface area contributed by atoms with Gasteiger partial charge in [0.05, 0.1) is 17.3 Å². The number of halogens is 3. The van der Waals surface area contributed by atoms with Crippen LogP contribution in [-0.4, -0.2) is 26.1 Å². The number of benzene rings is 2. The van der Waals surface area contributed by atoms with Gasteiger partial charge in [-0.15, -0.1) is 0 Å². The Bertz CT molecular complexity index is 1440. The molecule has 1 atom stereocenters. The van der Waals surface area contributed by atoms with E-state index in [9.17, 15) is 18.0 Å². The first-order valence-electron chi connectivity index (χ1n) is 11.5. The van der Waals surface area contributed by atoms with Crippen LogP contribution in [0.3, 0.4) is 0 Å². The van der Waals surface area contributed by atoms with Gasteiger partial charge in [0.1, 0.15) is 5.82 Å². The van der Waals surface area contributed by atoms with Crippen LogP contribution in [0.5, 0.6) is 0 Å². The summed E-state index contributed by atoms with van der Waals surface area (Å²) in [5.74, 6) is 1.14. The van der Waals surface area contributed by atoms with Crippen LogP contribution in [0.4, 0.5) is 30.9 Å². The summed E-state index contributed by atoms with van der Waals surface area (Å²) in [6.45, 7) is 2.91. The van der Waals surface area contributed by atoms with E-state index in [2.05, 4.69) is 20.3 Å². The van der Waals surface area contributed by atoms with E-state index in [1.54, 1.807) is 17.2 Å². The Balaban J connectivity index is 1.52. The lowest BCUT2D eigenvalue weighted by atomic mass is 10.0. The molecule has 1 N–H and O–H groups in total. The first-order valence-corrected chi connectivity index (χ1v) is 11.5. The zero-order valence-electron chi connectivity index (χ0n) is 19.4. The lowest BCUT2D eigenvalue weighted by Gasteiger charge is -2.30. The summed E-state index contributed by atoms with van der Waals surface area (Å²) in [5, 5.41) is 3.27. The third kappa shape index (κ3) is 4.66. The van der Waals surface area contributed by atoms with Crippen molar-refractivity contribution < 1.29 is 13.2 Å². The molecule has 4 aromatic rings. The highest BCUT2D eigenvalue weighted by molar-refractivity contribution is 5.67. The van der Waals surface area contributed by atoms with Crippen molar-refractivity contribution >= 4 is 17.7 Å². The van der Waals surface area contributed by atoms with Crippen LogP contribution in [0.2, 0.25) is 0 Å². The lowest BCUT2D eigenvalue weighted by Crippen LogP contribution is -2.36. The van der Waals surface area contributed by atoms with Crippen LogP contribution in [0.15, 0.2) is 77.7 Å². The second-order valence-corrected chi connectivity index (χ2v) is 8.49. The standard InChI is InChI=1S/C26H23F3N6O/c1-17(18-8-3-2-4-9-18)31-24-30-13-12-22(33-24)34-14-7-15-35-23(36)16-21(32-25(34)35)19-10-5-6-11-20(19)26(27,28)29/h2-6,8-13,16-17H,7,14-15H2,1H3,(H,30,31,33). The molecule has 1 unspecified atom stereocenters. The molecule has 0 saturated heterocycles. The average Bonchev–Trinajstić information content (AvgIpc) is 2.88. The van der Waals surface area contributed by atoms with Crippen molar-refractivity contribution in [3.05, 3.63) is 94.4 Å². The largest absolute Gasteiger partial charge is 0.417 e. The molecular formula is C26H23F3N6O. The normalized spacial score (nSPS) is 14.3. The van der Waals surface area contributed by atoms with Gasteiger partial charge >= 0.3 is 6.18 Å². The fourth-order valence-electron chi connectivity index (χ4n) is 4.29. The van der Waals surface area contributed by atoms with Gasteiger partial charge in [0.15, 0.2) is 0 Å². The Morgan fingerprint density at radius 2 is 1.72 bits per heavy atom. The molecule has 0 saturated carbocycles. The second-order valence-electron chi connectivity index (χ2n) is 8.49. The highest BCUT2D eigenvalue weighted by Crippen LogP contribution is 2.37. The molecule has 184 valence electrons. The number of nitrogens with one attached hydrogen (secondary N) is 1. The monoisotopic (exact) mass is 492 g/mol. The van der Waals surface area contributed by atoms with Gasteiger partial charge in [-0.3, -0.25) is 14.3 Å². The molecule has 2 aromatic heterocycles. The van der Waals surface area contributed by atoms with E-state index in [1.165, 1.54) is 22.8 Å². The number of aromatic nitrogens is 4. The number of fused-ring (bicyclic) bond motifs is 1. The Labute approximate surface area is 205 Å². The van der Waals surface area contributed by atoms with Gasteiger partial charge in [-0.2, -0.15) is 18.2 Å². The number of hydrogen-bond donors (Lipinski definition) is 1. The minimum atomic E-state index is -4.58. The number of nitrogens with zero attached hydrogens (tertiary/aromatic N) is 5. The Kier molecular flexibility index (Phi) is 6.17. The van der Waals surface area contributed by atoms with E-state index in [0.29, 0.717) is 31.3 Å². The highest BCUT2D eigenvalue weighted by atomic mass is 19.4. The molecule has 0 bridgehead atoms. The van der Waals surface area contributed by atoms with E-state index in [-0.39, 0.29) is 23.2 Å². The quantitative estimate of drug-likeness (QED) is 0.400. The molecule has 0 spiro atoms. The smallest absolute Gasteiger partial charge is 0.348 e. The summed E-state index contributed by atoms with van der Waals surface area (Å²) < 4.78 is 42.4. The van der Waals surface area contributed by atoms with Crippen LogP contribution in [-0.2, 0) is 12.7 Å². The molecule has 1 aliphatic rings. The van der Waals surface area contributed by atoms with Crippen LogP contribution in [0.1, 0.15) is 30.5 Å². The molecule has 2 aromatic carbocycles. The topological polar surface area (TPSA) is 75.9 Å². The molecule has 36 heavy (non-hydrogen) atoms. The van der Waals surface area contributed by atoms with Gasteiger partial charge in [-0.25, -0.2) is 9.97 Å². The maximum absolute atomic E-state index is 13.6. The summed E-state index contributed by atoms with van der Waals surface area (Å²) in [5.41, 5.74) is -0.362. The van der Waals surface area contributed by atoms with E-state index in [0.717, 1.165) is 17.7 Å². The zero-order valence-corrected chi connectivity index (χ0v) is 19.4. The predicted octanol–water partition coefficient (Wildman–Crippen LogP) is 5.43. The van der Waals surface area contributed by atoms with Crippen molar-refractivity contribution in [2.24, 2.45) is 0 Å². The predicted molar refractivity (Wildman–Crippen MR) is 131 cm³/mol. The van der Waals surface area contributed by atoms with Gasteiger partial charge in [0.25, 0.3) is 5.56 Å². The van der Waals surface area contributed by atoms with Gasteiger partial charge in [-0.05, 0) is 31.0 Å². The third-order valence-electron chi connectivity index (χ3n) is 6.06. The maximum atomic E-state index is 13.6. The van der Waals surface area contributed by atoms with Crippen molar-refractivity contribution in [1.29, 1.82) is 0 Å². The molecule has 0 radical (unpaired) electrons. The lowest BCUT2D eigenvalue weighted by molar-refractivity contribution is -0.137. The van der Waals surface area contributed by atoms with Crippen LogP contribution < -0.4 is 15.8 Å². The van der Waals surface area contributed by atoms with Crippen LogP contribution in [0.25, 0.3) is 11.3 Å². The van der Waals surface area contributed by atoms with E-state index in [4.69, 9.17) is 0 Å². The van der Waals surface area contributed by atoms with Gasteiger partial charge in [0.2, 0.25) is 11.9 Å². The van der Waals surface area contributed by atoms with Crippen molar-refractivity contribution in [2.45, 2.75) is 32.1 Å². The summed E-state index contributed by atoms with van der Waals surface area (Å²) in [6, 6.07) is 17.8.